The van der Waals surface area contributed by atoms with Gasteiger partial charge in [-0.15, -0.1) is 0 Å². The molecule has 0 bridgehead atoms. The smallest absolute Gasteiger partial charge is 0.233 e. The Morgan fingerprint density at radius 3 is 2.29 bits per heavy atom. The minimum atomic E-state index is -0.848. The molecule has 0 aliphatic heterocycles. The summed E-state index contributed by atoms with van der Waals surface area (Å²) in [5.41, 5.74) is 0.0921. The van der Waals surface area contributed by atoms with Gasteiger partial charge in [-0.1, -0.05) is 0 Å². The van der Waals surface area contributed by atoms with Gasteiger partial charge in [0.05, 0.1) is 6.26 Å². The maximum atomic E-state index is 12.4. The third-order valence-electron chi connectivity index (χ3n) is 1.56. The van der Waals surface area contributed by atoms with Crippen molar-refractivity contribution in [3.05, 3.63) is 48.0 Å². The highest BCUT2D eigenvalue weighted by Crippen LogP contribution is 2.04. The lowest BCUT2D eigenvalue weighted by Gasteiger charge is -1.95. The average molecular weight is 194 g/mol. The summed E-state index contributed by atoms with van der Waals surface area (Å²) >= 11 is 0. The zero-order valence-electron chi connectivity index (χ0n) is 7.11. The third-order valence-corrected chi connectivity index (χ3v) is 1.56. The van der Waals surface area contributed by atoms with Crippen molar-refractivity contribution in [2.75, 3.05) is 0 Å². The quantitative estimate of drug-likeness (QED) is 0.344. The zero-order valence-corrected chi connectivity index (χ0v) is 7.11. The van der Waals surface area contributed by atoms with Crippen LogP contribution in [0, 0.1) is 5.82 Å². The first-order chi connectivity index (χ1) is 6.65. The number of ketones is 2. The van der Waals surface area contributed by atoms with Crippen LogP contribution in [0.5, 0.6) is 0 Å². The van der Waals surface area contributed by atoms with Gasteiger partial charge < -0.3 is 5.11 Å². The van der Waals surface area contributed by atoms with Crippen LogP contribution in [-0.4, -0.2) is 16.7 Å². The molecular weight excluding hydrogens is 187 g/mol. The number of aliphatic hydroxyl groups is 1. The van der Waals surface area contributed by atoms with Crippen LogP contribution in [0.2, 0.25) is 0 Å². The number of benzene rings is 1. The Kier molecular flexibility index (Phi) is 3.12. The number of allylic oxidation sites excluding steroid dienone is 1. The van der Waals surface area contributed by atoms with Crippen LogP contribution in [0.15, 0.2) is 36.6 Å². The van der Waals surface area contributed by atoms with Crippen LogP contribution in [0.1, 0.15) is 10.4 Å². The highest BCUT2D eigenvalue weighted by atomic mass is 19.1. The maximum absolute atomic E-state index is 12.4. The summed E-state index contributed by atoms with van der Waals surface area (Å²) in [5.74, 6) is -2.11. The second-order valence-electron chi connectivity index (χ2n) is 2.52. The predicted molar refractivity (Wildman–Crippen MR) is 47.5 cm³/mol. The van der Waals surface area contributed by atoms with Crippen LogP contribution < -0.4 is 0 Å². The second kappa shape index (κ2) is 4.32. The van der Waals surface area contributed by atoms with Crippen LogP contribution in [0.25, 0.3) is 0 Å². The molecule has 1 N–H and O–H groups in total. The molecule has 72 valence electrons. The van der Waals surface area contributed by atoms with Gasteiger partial charge in [-0.25, -0.2) is 4.39 Å². The fourth-order valence-electron chi connectivity index (χ4n) is 0.887. The molecule has 14 heavy (non-hydrogen) atoms. The van der Waals surface area contributed by atoms with E-state index < -0.39 is 17.4 Å². The summed E-state index contributed by atoms with van der Waals surface area (Å²) in [5, 5.41) is 8.26. The van der Waals surface area contributed by atoms with Gasteiger partial charge in [0.2, 0.25) is 11.6 Å². The molecule has 0 fully saturated rings. The SMILES string of the molecule is O=C(C=CO)C(=O)c1ccc(F)cc1. The molecule has 0 heterocycles. The lowest BCUT2D eigenvalue weighted by molar-refractivity contribution is -0.111. The molecule has 0 saturated carbocycles. The van der Waals surface area contributed by atoms with E-state index in [1.165, 1.54) is 12.1 Å². The Hall–Kier alpha value is -1.97. The Morgan fingerprint density at radius 1 is 1.21 bits per heavy atom. The first kappa shape index (κ1) is 10.1. The van der Waals surface area contributed by atoms with E-state index in [0.717, 1.165) is 18.2 Å². The molecule has 0 radical (unpaired) electrons. The summed E-state index contributed by atoms with van der Waals surface area (Å²) in [6.07, 6.45) is 1.23. The van der Waals surface area contributed by atoms with Crippen molar-refractivity contribution in [2.24, 2.45) is 0 Å². The van der Waals surface area contributed by atoms with E-state index in [4.69, 9.17) is 5.11 Å². The number of hydrogen-bond donors (Lipinski definition) is 1. The summed E-state index contributed by atoms with van der Waals surface area (Å²) in [6.45, 7) is 0. The Labute approximate surface area is 79.5 Å². The van der Waals surface area contributed by atoms with Crippen LogP contribution >= 0.6 is 0 Å². The second-order valence-corrected chi connectivity index (χ2v) is 2.52. The molecule has 0 aromatic heterocycles. The largest absolute Gasteiger partial charge is 0.515 e. The number of halogens is 1. The normalized spacial score (nSPS) is 10.4. The van der Waals surface area contributed by atoms with Crippen molar-refractivity contribution in [3.63, 3.8) is 0 Å². The summed E-state index contributed by atoms with van der Waals surface area (Å²) in [7, 11) is 0. The topological polar surface area (TPSA) is 54.4 Å². The molecule has 0 saturated heterocycles. The summed E-state index contributed by atoms with van der Waals surface area (Å²) < 4.78 is 12.4. The van der Waals surface area contributed by atoms with E-state index in [1.54, 1.807) is 0 Å². The highest BCUT2D eigenvalue weighted by molar-refractivity contribution is 6.47. The van der Waals surface area contributed by atoms with E-state index in [9.17, 15) is 14.0 Å². The fraction of sp³-hybridized carbons (Fsp3) is 0. The highest BCUT2D eigenvalue weighted by Gasteiger charge is 2.12. The molecule has 0 aliphatic carbocycles. The minimum absolute atomic E-state index is 0.0921. The van der Waals surface area contributed by atoms with Crippen LogP contribution in [0.3, 0.4) is 0 Å². The molecule has 4 heteroatoms. The summed E-state index contributed by atoms with van der Waals surface area (Å²) in [4.78, 5) is 22.1. The number of carbonyl (C=O) groups excluding carboxylic acids is 2. The standard InChI is InChI=1S/C10H7FO3/c11-8-3-1-7(2-4-8)10(14)9(13)5-6-12/h1-6,12H. The molecular formula is C10H7FO3. The number of carbonyl (C=O) groups is 2. The molecule has 1 aromatic rings. The van der Waals surface area contributed by atoms with Crippen LogP contribution in [0.4, 0.5) is 4.39 Å². The maximum Gasteiger partial charge on any atom is 0.233 e. The molecule has 0 atom stereocenters. The van der Waals surface area contributed by atoms with Gasteiger partial charge in [0.25, 0.3) is 0 Å². The Morgan fingerprint density at radius 2 is 1.79 bits per heavy atom. The van der Waals surface area contributed by atoms with Crippen molar-refractivity contribution in [3.8, 4) is 0 Å². The lowest BCUT2D eigenvalue weighted by Crippen LogP contribution is -2.11. The molecule has 1 aromatic carbocycles. The number of hydrogen-bond acceptors (Lipinski definition) is 3. The zero-order chi connectivity index (χ0) is 10.6. The van der Waals surface area contributed by atoms with E-state index in [2.05, 4.69) is 0 Å². The fourth-order valence-corrected chi connectivity index (χ4v) is 0.887. The van der Waals surface area contributed by atoms with Gasteiger partial charge in [0, 0.05) is 11.6 Å². The molecule has 1 rings (SSSR count). The van der Waals surface area contributed by atoms with E-state index >= 15 is 0 Å². The van der Waals surface area contributed by atoms with Crippen molar-refractivity contribution in [2.45, 2.75) is 0 Å². The molecule has 0 unspecified atom stereocenters. The van der Waals surface area contributed by atoms with Crippen LogP contribution in [-0.2, 0) is 4.79 Å². The van der Waals surface area contributed by atoms with Gasteiger partial charge in [-0.3, -0.25) is 9.59 Å². The van der Waals surface area contributed by atoms with E-state index in [-0.39, 0.29) is 5.56 Å². The van der Waals surface area contributed by atoms with E-state index in [0.29, 0.717) is 6.26 Å². The van der Waals surface area contributed by atoms with Crippen molar-refractivity contribution < 1.29 is 19.1 Å². The van der Waals surface area contributed by atoms with E-state index in [1.807, 2.05) is 0 Å². The first-order valence-corrected chi connectivity index (χ1v) is 3.80. The van der Waals surface area contributed by atoms with Gasteiger partial charge in [0.15, 0.2) is 0 Å². The molecule has 0 spiro atoms. The summed E-state index contributed by atoms with van der Waals surface area (Å²) in [6, 6.07) is 4.59. The lowest BCUT2D eigenvalue weighted by atomic mass is 10.1. The monoisotopic (exact) mass is 194 g/mol. The Bertz CT molecular complexity index is 379. The molecule has 3 nitrogen and oxygen atoms in total. The predicted octanol–water partition coefficient (Wildman–Crippen LogP) is 1.65. The minimum Gasteiger partial charge on any atom is -0.515 e. The average Bonchev–Trinajstić information content (AvgIpc) is 2.18. The molecule has 0 amide bonds. The van der Waals surface area contributed by atoms with Gasteiger partial charge in [-0.05, 0) is 24.3 Å². The van der Waals surface area contributed by atoms with Crippen molar-refractivity contribution >= 4 is 11.6 Å². The molecule has 0 aliphatic rings. The number of aliphatic hydroxyl groups excluding tert-OH is 1. The van der Waals surface area contributed by atoms with Gasteiger partial charge in [0.1, 0.15) is 5.82 Å². The van der Waals surface area contributed by atoms with Gasteiger partial charge >= 0.3 is 0 Å². The third kappa shape index (κ3) is 2.26. The first-order valence-electron chi connectivity index (χ1n) is 3.80. The number of rotatable bonds is 3. The number of Topliss-reactive ketones (excluding diaryl/α,β-unsaturated/α-hetero) is 1. The van der Waals surface area contributed by atoms with Crippen molar-refractivity contribution in [1.82, 2.24) is 0 Å². The van der Waals surface area contributed by atoms with Crippen molar-refractivity contribution in [1.29, 1.82) is 0 Å². The van der Waals surface area contributed by atoms with Gasteiger partial charge in [-0.2, -0.15) is 0 Å². The Balaban J connectivity index is 2.90.